The molecule has 2 aliphatic carbocycles. The van der Waals surface area contributed by atoms with Crippen molar-refractivity contribution in [2.24, 2.45) is 5.73 Å². The summed E-state index contributed by atoms with van der Waals surface area (Å²) in [5, 5.41) is 3.14. The number of rotatable bonds is 5. The summed E-state index contributed by atoms with van der Waals surface area (Å²) < 4.78 is 27.5. The average molecular weight is 484 g/mol. The van der Waals surface area contributed by atoms with Crippen LogP contribution in [0.2, 0.25) is 5.02 Å². The molecule has 0 bridgehead atoms. The lowest BCUT2D eigenvalue weighted by Crippen LogP contribution is -2.33. The molecule has 7 heteroatoms. The number of aromatic nitrogens is 1. The molecule has 0 atom stereocenters. The maximum absolute atomic E-state index is 14.2. The molecule has 3 aromatic rings. The van der Waals surface area contributed by atoms with Gasteiger partial charge in [-0.05, 0) is 80.5 Å². The number of amides is 1. The second-order valence-electron chi connectivity index (χ2n) is 9.42. The van der Waals surface area contributed by atoms with E-state index in [1.165, 1.54) is 12.3 Å². The van der Waals surface area contributed by atoms with Gasteiger partial charge >= 0.3 is 0 Å². The molecule has 0 spiro atoms. The Morgan fingerprint density at radius 2 is 1.59 bits per heavy atom. The SMILES string of the molecule is Cc1ccc(C2(CNC(=O)c3ncccc3Cl)CC2)c(F)c1.Cc1ccc(C2(N)CC2)c(F)c1. The van der Waals surface area contributed by atoms with E-state index < -0.39 is 0 Å². The number of aryl methyl sites for hydroxylation is 2. The van der Waals surface area contributed by atoms with E-state index in [4.69, 9.17) is 17.3 Å². The summed E-state index contributed by atoms with van der Waals surface area (Å²) >= 11 is 5.96. The van der Waals surface area contributed by atoms with Gasteiger partial charge in [0.2, 0.25) is 0 Å². The number of benzene rings is 2. The van der Waals surface area contributed by atoms with Crippen LogP contribution in [0.3, 0.4) is 0 Å². The van der Waals surface area contributed by atoms with Crippen molar-refractivity contribution in [2.45, 2.75) is 50.5 Å². The largest absolute Gasteiger partial charge is 0.350 e. The van der Waals surface area contributed by atoms with E-state index in [1.54, 1.807) is 24.3 Å². The van der Waals surface area contributed by atoms with Crippen molar-refractivity contribution >= 4 is 17.5 Å². The minimum absolute atomic E-state index is 0.157. The molecule has 178 valence electrons. The Labute approximate surface area is 203 Å². The van der Waals surface area contributed by atoms with E-state index in [0.717, 1.165) is 36.8 Å². The molecule has 2 fully saturated rings. The van der Waals surface area contributed by atoms with Gasteiger partial charge in [0.1, 0.15) is 17.3 Å². The smallest absolute Gasteiger partial charge is 0.271 e. The highest BCUT2D eigenvalue weighted by molar-refractivity contribution is 6.33. The molecule has 0 radical (unpaired) electrons. The van der Waals surface area contributed by atoms with Gasteiger partial charge in [0, 0.05) is 29.3 Å². The Kier molecular flexibility index (Phi) is 6.74. The molecule has 0 aliphatic heterocycles. The van der Waals surface area contributed by atoms with Gasteiger partial charge < -0.3 is 11.1 Å². The number of hydrogen-bond acceptors (Lipinski definition) is 3. The lowest BCUT2D eigenvalue weighted by molar-refractivity contribution is 0.0944. The number of nitrogens with two attached hydrogens (primary N) is 1. The molecule has 4 nitrogen and oxygen atoms in total. The maximum Gasteiger partial charge on any atom is 0.271 e. The zero-order chi connectivity index (χ0) is 24.5. The Morgan fingerprint density at radius 1 is 1.00 bits per heavy atom. The highest BCUT2D eigenvalue weighted by atomic mass is 35.5. The standard InChI is InChI=1S/C17H16ClFN2O.C10H12FN/c1-11-4-5-12(14(19)9-11)17(6-7-17)10-21-16(22)15-13(18)3-2-8-20-15;1-7-2-3-8(9(11)6-7)10(12)4-5-10/h2-5,8-9H,6-7,10H2,1H3,(H,21,22);2-3,6H,4-5,12H2,1H3. The summed E-state index contributed by atoms with van der Waals surface area (Å²) in [5.41, 5.74) is 8.61. The molecule has 34 heavy (non-hydrogen) atoms. The van der Waals surface area contributed by atoms with E-state index in [9.17, 15) is 13.6 Å². The molecule has 2 aliphatic rings. The first kappa shape index (κ1) is 24.3. The van der Waals surface area contributed by atoms with Crippen LogP contribution < -0.4 is 11.1 Å². The van der Waals surface area contributed by atoms with Gasteiger partial charge in [-0.25, -0.2) is 13.8 Å². The van der Waals surface area contributed by atoms with Crippen LogP contribution in [-0.4, -0.2) is 17.4 Å². The molecule has 1 aromatic heterocycles. The number of carbonyl (C=O) groups excluding carboxylic acids is 1. The van der Waals surface area contributed by atoms with Crippen LogP contribution >= 0.6 is 11.6 Å². The first-order valence-electron chi connectivity index (χ1n) is 11.3. The van der Waals surface area contributed by atoms with Gasteiger partial charge in [-0.1, -0.05) is 35.9 Å². The van der Waals surface area contributed by atoms with Gasteiger partial charge in [0.15, 0.2) is 0 Å². The molecule has 2 saturated carbocycles. The lowest BCUT2D eigenvalue weighted by Gasteiger charge is -2.18. The number of carbonyl (C=O) groups is 1. The predicted octanol–water partition coefficient (Wildman–Crippen LogP) is 5.73. The van der Waals surface area contributed by atoms with Crippen LogP contribution in [0.5, 0.6) is 0 Å². The van der Waals surface area contributed by atoms with E-state index in [0.29, 0.717) is 22.7 Å². The number of pyridine rings is 1. The summed E-state index contributed by atoms with van der Waals surface area (Å²) in [4.78, 5) is 16.1. The highest BCUT2D eigenvalue weighted by Gasteiger charge is 2.46. The second-order valence-corrected chi connectivity index (χ2v) is 9.83. The fraction of sp³-hybridized carbons (Fsp3) is 0.333. The average Bonchev–Trinajstić information content (AvgIpc) is 3.71. The van der Waals surface area contributed by atoms with Crippen molar-refractivity contribution in [2.75, 3.05) is 6.54 Å². The fourth-order valence-corrected chi connectivity index (χ4v) is 4.26. The summed E-state index contributed by atoms with van der Waals surface area (Å²) in [5.74, 6) is -0.693. The predicted molar refractivity (Wildman–Crippen MR) is 130 cm³/mol. The maximum atomic E-state index is 14.2. The Morgan fingerprint density at radius 3 is 2.09 bits per heavy atom. The monoisotopic (exact) mass is 483 g/mol. The highest BCUT2D eigenvalue weighted by Crippen LogP contribution is 2.48. The zero-order valence-corrected chi connectivity index (χ0v) is 20.1. The van der Waals surface area contributed by atoms with Crippen LogP contribution in [-0.2, 0) is 11.0 Å². The topological polar surface area (TPSA) is 68.0 Å². The minimum atomic E-state index is -0.349. The number of nitrogens with one attached hydrogen (secondary N) is 1. The van der Waals surface area contributed by atoms with Gasteiger partial charge in [0.05, 0.1) is 5.02 Å². The third kappa shape index (κ3) is 5.29. The lowest BCUT2D eigenvalue weighted by atomic mass is 9.94. The van der Waals surface area contributed by atoms with Crippen LogP contribution in [0.15, 0.2) is 54.7 Å². The number of halogens is 3. The molecule has 1 heterocycles. The van der Waals surface area contributed by atoms with Crippen LogP contribution in [0, 0.1) is 25.5 Å². The summed E-state index contributed by atoms with van der Waals surface area (Å²) in [6.07, 6.45) is 5.07. The molecule has 0 unspecified atom stereocenters. The van der Waals surface area contributed by atoms with Crippen molar-refractivity contribution in [3.05, 3.63) is 99.3 Å². The molecular formula is C27H28ClF2N3O. The first-order valence-corrected chi connectivity index (χ1v) is 11.7. The first-order chi connectivity index (χ1) is 16.1. The van der Waals surface area contributed by atoms with Crippen molar-refractivity contribution in [3.8, 4) is 0 Å². The van der Waals surface area contributed by atoms with Crippen LogP contribution in [0.25, 0.3) is 0 Å². The zero-order valence-electron chi connectivity index (χ0n) is 19.3. The quantitative estimate of drug-likeness (QED) is 0.487. The van der Waals surface area contributed by atoms with E-state index >= 15 is 0 Å². The third-order valence-electron chi connectivity index (χ3n) is 6.56. The molecule has 0 saturated heterocycles. The molecule has 2 aromatic carbocycles. The summed E-state index contributed by atoms with van der Waals surface area (Å²) in [7, 11) is 0. The van der Waals surface area contributed by atoms with Crippen LogP contribution in [0.4, 0.5) is 8.78 Å². The Bertz CT molecular complexity index is 1220. The minimum Gasteiger partial charge on any atom is -0.350 e. The van der Waals surface area contributed by atoms with Gasteiger partial charge in [0.25, 0.3) is 5.91 Å². The van der Waals surface area contributed by atoms with Crippen LogP contribution in [0.1, 0.15) is 58.4 Å². The van der Waals surface area contributed by atoms with Crippen molar-refractivity contribution < 1.29 is 13.6 Å². The van der Waals surface area contributed by atoms with Gasteiger partial charge in [-0.15, -0.1) is 0 Å². The molecule has 5 rings (SSSR count). The Balaban J connectivity index is 0.000000192. The second kappa shape index (κ2) is 9.43. The molecule has 3 N–H and O–H groups in total. The number of nitrogens with zero attached hydrogens (tertiary/aromatic N) is 1. The third-order valence-corrected chi connectivity index (χ3v) is 6.87. The van der Waals surface area contributed by atoms with Gasteiger partial charge in [-0.3, -0.25) is 4.79 Å². The fourth-order valence-electron chi connectivity index (χ4n) is 4.06. The Hall–Kier alpha value is -2.83. The van der Waals surface area contributed by atoms with E-state index in [1.807, 2.05) is 32.0 Å². The number of hydrogen-bond donors (Lipinski definition) is 2. The summed E-state index contributed by atoms with van der Waals surface area (Å²) in [6.45, 7) is 4.12. The van der Waals surface area contributed by atoms with Gasteiger partial charge in [-0.2, -0.15) is 0 Å². The molecule has 1 amide bonds. The normalized spacial score (nSPS) is 16.8. The summed E-state index contributed by atoms with van der Waals surface area (Å²) in [6, 6.07) is 13.8. The van der Waals surface area contributed by atoms with Crippen molar-refractivity contribution in [1.29, 1.82) is 0 Å². The van der Waals surface area contributed by atoms with E-state index in [-0.39, 0.29) is 34.2 Å². The van der Waals surface area contributed by atoms with Crippen molar-refractivity contribution in [1.82, 2.24) is 10.3 Å². The van der Waals surface area contributed by atoms with Crippen molar-refractivity contribution in [3.63, 3.8) is 0 Å². The molecular weight excluding hydrogens is 456 g/mol. The van der Waals surface area contributed by atoms with E-state index in [2.05, 4.69) is 10.3 Å².